The first-order valence-electron chi connectivity index (χ1n) is 11.6. The molecule has 2 aliphatic heterocycles. The minimum atomic E-state index is -0.542. The van der Waals surface area contributed by atoms with E-state index in [0.29, 0.717) is 55.7 Å². The van der Waals surface area contributed by atoms with E-state index in [1.54, 1.807) is 11.1 Å². The van der Waals surface area contributed by atoms with Crippen molar-refractivity contribution in [1.29, 1.82) is 0 Å². The summed E-state index contributed by atoms with van der Waals surface area (Å²) in [4.78, 5) is 29.9. The fourth-order valence-corrected chi connectivity index (χ4v) is 4.18. The second-order valence-electron chi connectivity index (χ2n) is 10.0. The summed E-state index contributed by atoms with van der Waals surface area (Å²) in [6.45, 7) is 10.9. The normalized spacial score (nSPS) is 16.6. The number of piperazine rings is 1. The Kier molecular flexibility index (Phi) is 5.79. The molecule has 1 saturated heterocycles. The van der Waals surface area contributed by atoms with Crippen LogP contribution in [0.3, 0.4) is 0 Å². The number of hydrogen-bond donors (Lipinski definition) is 2. The number of rotatable bonds is 4. The average Bonchev–Trinajstić information content (AvgIpc) is 3.44. The first kappa shape index (κ1) is 23.0. The fraction of sp³-hybridized carbons (Fsp3) is 0.417. The summed E-state index contributed by atoms with van der Waals surface area (Å²) in [5.41, 5.74) is 8.96. The molecule has 0 bridgehead atoms. The van der Waals surface area contributed by atoms with Gasteiger partial charge in [-0.3, -0.25) is 14.8 Å². The minimum absolute atomic E-state index is 0.0139. The van der Waals surface area contributed by atoms with Crippen molar-refractivity contribution in [1.82, 2.24) is 35.8 Å². The summed E-state index contributed by atoms with van der Waals surface area (Å²) in [6.07, 6.45) is 3.11. The Morgan fingerprint density at radius 2 is 1.94 bits per heavy atom. The summed E-state index contributed by atoms with van der Waals surface area (Å²) in [7, 11) is 0. The Bertz CT molecular complexity index is 1290. The Morgan fingerprint density at radius 1 is 1.17 bits per heavy atom. The largest absolute Gasteiger partial charge is 0.422 e. The molecule has 0 spiro atoms. The van der Waals surface area contributed by atoms with Gasteiger partial charge in [0, 0.05) is 50.8 Å². The van der Waals surface area contributed by atoms with Gasteiger partial charge in [-0.1, -0.05) is 20.8 Å². The molecule has 11 heteroatoms. The van der Waals surface area contributed by atoms with Crippen LogP contribution in [0.25, 0.3) is 16.9 Å². The zero-order valence-corrected chi connectivity index (χ0v) is 20.3. The monoisotopic (exact) mass is 480 g/mol. The number of nitrogens with zero attached hydrogens (tertiary/aromatic N) is 6. The van der Waals surface area contributed by atoms with Crippen LogP contribution in [0.1, 0.15) is 42.5 Å². The Labute approximate surface area is 202 Å². The minimum Gasteiger partial charge on any atom is -0.422 e. The predicted molar refractivity (Wildman–Crippen MR) is 129 cm³/mol. The molecule has 5 rings (SSSR count). The molecule has 2 N–H and O–H groups in total. The van der Waals surface area contributed by atoms with E-state index >= 15 is 4.39 Å². The SMILES string of the molecule is Cc1ccc2oc(N3CCN(C(=O)c4cnc(C5=CNNN5CC(C)(C)C)c(F)c4)CC3)nc2n1. The Morgan fingerprint density at radius 3 is 2.66 bits per heavy atom. The number of halogens is 1. The lowest BCUT2D eigenvalue weighted by Gasteiger charge is -2.33. The quantitative estimate of drug-likeness (QED) is 0.583. The number of fused-ring (bicyclic) bond motifs is 1. The summed E-state index contributed by atoms with van der Waals surface area (Å²) in [5.74, 6) is -0.792. The standard InChI is InChI=1S/C24H29FN8O2/c1-15-5-6-19-21(28-15)29-23(35-19)32-9-7-31(8-10-32)22(34)16-11-17(25)20(26-12-16)18-13-27-30-33(18)14-24(2,3)4/h5-6,11-13,27,30H,7-10,14H2,1-4H3. The highest BCUT2D eigenvalue weighted by Crippen LogP contribution is 2.26. The molecule has 35 heavy (non-hydrogen) atoms. The van der Waals surface area contributed by atoms with Gasteiger partial charge in [0.2, 0.25) is 5.65 Å². The van der Waals surface area contributed by atoms with Crippen LogP contribution in [0.5, 0.6) is 0 Å². The Hall–Kier alpha value is -3.73. The number of carbonyl (C=O) groups excluding carboxylic acids is 1. The molecule has 2 aliphatic rings. The summed E-state index contributed by atoms with van der Waals surface area (Å²) >= 11 is 0. The van der Waals surface area contributed by atoms with E-state index < -0.39 is 5.82 Å². The second kappa shape index (κ2) is 8.81. The smallest absolute Gasteiger partial charge is 0.300 e. The summed E-state index contributed by atoms with van der Waals surface area (Å²) < 4.78 is 20.9. The van der Waals surface area contributed by atoms with Crippen molar-refractivity contribution in [2.75, 3.05) is 37.6 Å². The molecule has 1 amide bonds. The number of amides is 1. The molecule has 0 saturated carbocycles. The molecule has 3 aromatic rings. The number of anilines is 1. The van der Waals surface area contributed by atoms with Crippen molar-refractivity contribution < 1.29 is 13.6 Å². The number of oxazole rings is 1. The lowest BCUT2D eigenvalue weighted by molar-refractivity contribution is 0.0744. The average molecular weight is 481 g/mol. The maximum atomic E-state index is 15.1. The van der Waals surface area contributed by atoms with Crippen LogP contribution in [0.2, 0.25) is 0 Å². The number of pyridine rings is 2. The first-order valence-corrected chi connectivity index (χ1v) is 11.6. The van der Waals surface area contributed by atoms with Gasteiger partial charge in [-0.15, -0.1) is 5.53 Å². The topological polar surface area (TPSA) is 103 Å². The van der Waals surface area contributed by atoms with E-state index in [2.05, 4.69) is 46.7 Å². The van der Waals surface area contributed by atoms with Crippen molar-refractivity contribution in [2.45, 2.75) is 27.7 Å². The Balaban J connectivity index is 1.25. The van der Waals surface area contributed by atoms with Crippen molar-refractivity contribution >= 4 is 28.8 Å². The van der Waals surface area contributed by atoms with E-state index in [1.807, 2.05) is 29.0 Å². The van der Waals surface area contributed by atoms with E-state index in [9.17, 15) is 4.79 Å². The van der Waals surface area contributed by atoms with Gasteiger partial charge in [0.05, 0.1) is 11.3 Å². The highest BCUT2D eigenvalue weighted by Gasteiger charge is 2.28. The van der Waals surface area contributed by atoms with E-state index in [-0.39, 0.29) is 22.6 Å². The molecule has 0 aliphatic carbocycles. The molecule has 0 radical (unpaired) electrons. The zero-order chi connectivity index (χ0) is 24.7. The zero-order valence-electron chi connectivity index (χ0n) is 20.3. The number of aryl methyl sites for hydroxylation is 1. The van der Waals surface area contributed by atoms with Crippen LogP contribution in [0.4, 0.5) is 10.4 Å². The van der Waals surface area contributed by atoms with Crippen LogP contribution in [0, 0.1) is 18.2 Å². The summed E-state index contributed by atoms with van der Waals surface area (Å²) in [6, 6.07) is 5.49. The molecule has 0 atom stereocenters. The van der Waals surface area contributed by atoms with Gasteiger partial charge in [-0.05, 0) is 30.5 Å². The van der Waals surface area contributed by atoms with Crippen molar-refractivity contribution in [2.24, 2.45) is 5.41 Å². The summed E-state index contributed by atoms with van der Waals surface area (Å²) in [5, 5.41) is 1.81. The van der Waals surface area contributed by atoms with Gasteiger partial charge in [0.1, 0.15) is 5.69 Å². The van der Waals surface area contributed by atoms with E-state index in [1.165, 1.54) is 12.3 Å². The molecule has 184 valence electrons. The third-order valence-electron chi connectivity index (χ3n) is 5.88. The van der Waals surface area contributed by atoms with Crippen LogP contribution in [-0.4, -0.2) is 63.5 Å². The van der Waals surface area contributed by atoms with Gasteiger partial charge < -0.3 is 19.6 Å². The van der Waals surface area contributed by atoms with Gasteiger partial charge in [0.25, 0.3) is 11.9 Å². The maximum absolute atomic E-state index is 15.1. The van der Waals surface area contributed by atoms with Crippen molar-refractivity contribution in [3.8, 4) is 0 Å². The van der Waals surface area contributed by atoms with Crippen LogP contribution >= 0.6 is 0 Å². The third kappa shape index (κ3) is 4.76. The number of aromatic nitrogens is 3. The molecular weight excluding hydrogens is 451 g/mol. The maximum Gasteiger partial charge on any atom is 0.300 e. The molecular formula is C24H29FN8O2. The number of nitrogens with one attached hydrogen (secondary N) is 2. The van der Waals surface area contributed by atoms with E-state index in [0.717, 1.165) is 5.69 Å². The second-order valence-corrected chi connectivity index (χ2v) is 10.0. The highest BCUT2D eigenvalue weighted by molar-refractivity contribution is 5.94. The molecule has 5 heterocycles. The predicted octanol–water partition coefficient (Wildman–Crippen LogP) is 2.70. The van der Waals surface area contributed by atoms with Crippen molar-refractivity contribution in [3.63, 3.8) is 0 Å². The van der Waals surface area contributed by atoms with Crippen molar-refractivity contribution in [3.05, 3.63) is 53.4 Å². The lowest BCUT2D eigenvalue weighted by Crippen LogP contribution is -2.49. The van der Waals surface area contributed by atoms with E-state index in [4.69, 9.17) is 4.42 Å². The number of carbonyl (C=O) groups is 1. The third-order valence-corrected chi connectivity index (χ3v) is 5.88. The fourth-order valence-electron chi connectivity index (χ4n) is 4.18. The molecule has 0 aromatic carbocycles. The van der Waals surface area contributed by atoms with Gasteiger partial charge in [-0.2, -0.15) is 4.98 Å². The van der Waals surface area contributed by atoms with Gasteiger partial charge >= 0.3 is 0 Å². The van der Waals surface area contributed by atoms with Gasteiger partial charge in [-0.25, -0.2) is 9.37 Å². The van der Waals surface area contributed by atoms with Crippen LogP contribution in [-0.2, 0) is 0 Å². The lowest BCUT2D eigenvalue weighted by atomic mass is 9.96. The molecule has 0 unspecified atom stereocenters. The molecule has 10 nitrogen and oxygen atoms in total. The van der Waals surface area contributed by atoms with Crippen LogP contribution in [0.15, 0.2) is 35.0 Å². The molecule has 3 aromatic heterocycles. The first-order chi connectivity index (χ1) is 16.7. The highest BCUT2D eigenvalue weighted by atomic mass is 19.1. The number of hydrogen-bond acceptors (Lipinski definition) is 9. The van der Waals surface area contributed by atoms with Crippen LogP contribution < -0.4 is 15.9 Å². The number of hydrazine groups is 2. The van der Waals surface area contributed by atoms with Gasteiger partial charge in [0.15, 0.2) is 11.4 Å². The molecule has 1 fully saturated rings.